The predicted octanol–water partition coefficient (Wildman–Crippen LogP) is 18.3. The zero-order chi connectivity index (χ0) is 62.9. The summed E-state index contributed by atoms with van der Waals surface area (Å²) in [4.78, 5) is 22.2. The van der Waals surface area contributed by atoms with E-state index in [-0.39, 0.29) is 40.2 Å². The van der Waals surface area contributed by atoms with Crippen LogP contribution in [0, 0.1) is 56.9 Å². The van der Waals surface area contributed by atoms with Gasteiger partial charge in [-0.25, -0.2) is 0 Å². The number of aryl methyl sites for hydroxylation is 3. The van der Waals surface area contributed by atoms with Gasteiger partial charge in [-0.05, 0) is 121 Å². The number of pyridine rings is 5. The third-order valence-corrected chi connectivity index (χ3v) is 14.1. The number of aliphatic hydroxyl groups excluding tert-OH is 1. The molecule has 9 nitrogen and oxygen atoms in total. The van der Waals surface area contributed by atoms with E-state index in [4.69, 9.17) is 10.2 Å². The van der Waals surface area contributed by atoms with Crippen molar-refractivity contribution in [2.75, 3.05) is 14.2 Å². The van der Waals surface area contributed by atoms with Gasteiger partial charge in [-0.1, -0.05) is 136 Å². The Bertz CT molecular complexity index is 4050. The van der Waals surface area contributed by atoms with Crippen LogP contribution < -0.4 is 0 Å². The van der Waals surface area contributed by atoms with E-state index in [0.29, 0.717) is 11.8 Å². The molecule has 1 radical (unpaired) electrons. The molecule has 0 atom stereocenters. The van der Waals surface area contributed by atoms with Gasteiger partial charge in [-0.2, -0.15) is 0 Å². The van der Waals surface area contributed by atoms with Crippen LogP contribution in [-0.2, 0) is 53.3 Å². The minimum atomic E-state index is 0. The Morgan fingerprint density at radius 1 is 0.374 bits per heavy atom. The average Bonchev–Trinajstić information content (AvgIpc) is 1.76. The van der Waals surface area contributed by atoms with Gasteiger partial charge in [0.2, 0.25) is 0 Å². The topological polar surface area (TPSA) is 117 Å². The van der Waals surface area contributed by atoms with Crippen molar-refractivity contribution in [1.29, 1.82) is 0 Å². The zero-order valence-electron chi connectivity index (χ0n) is 53.1. The number of aliphatic hydroxyl groups is 1. The van der Waals surface area contributed by atoms with Gasteiger partial charge >= 0.3 is 20.1 Å². The molecule has 7 aromatic carbocycles. The third-order valence-electron chi connectivity index (χ3n) is 14.1. The van der Waals surface area contributed by atoms with Crippen molar-refractivity contribution >= 4 is 43.6 Å². The molecule has 14 aromatic rings. The van der Waals surface area contributed by atoms with Crippen LogP contribution in [-0.4, -0.2) is 58.5 Å². The maximum atomic E-state index is 7.00. The molecule has 0 saturated carbocycles. The summed E-state index contributed by atoms with van der Waals surface area (Å²) in [6, 6.07) is 94.9. The van der Waals surface area contributed by atoms with Gasteiger partial charge in [0, 0.05) is 103 Å². The average molecular weight is 1550 g/mol. The maximum Gasteiger partial charge on any atom is 3.00 e. The second-order valence-electron chi connectivity index (χ2n) is 21.7. The first-order valence-corrected chi connectivity index (χ1v) is 30.0. The van der Waals surface area contributed by atoms with Gasteiger partial charge in [0.15, 0.2) is 0 Å². The van der Waals surface area contributed by atoms with Crippen molar-refractivity contribution in [2.45, 2.75) is 61.6 Å². The largest absolute Gasteiger partial charge is 3.00 e. The molecule has 0 bridgehead atoms. The van der Waals surface area contributed by atoms with Crippen LogP contribution in [0.25, 0.3) is 99.9 Å². The van der Waals surface area contributed by atoms with Crippen LogP contribution in [0.4, 0.5) is 0 Å². The Labute approximate surface area is 564 Å². The van der Waals surface area contributed by atoms with Crippen molar-refractivity contribution < 1.29 is 50.4 Å². The molecule has 14 rings (SSSR count). The van der Waals surface area contributed by atoms with Crippen LogP contribution in [0.3, 0.4) is 0 Å². The minimum absolute atomic E-state index is 0. The van der Waals surface area contributed by atoms with Gasteiger partial charge in [-0.15, -0.1) is 131 Å². The fourth-order valence-electron chi connectivity index (χ4n) is 10.3. The number of hydrogen-bond donors (Lipinski definition) is 1. The minimum Gasteiger partial charge on any atom is -0.448 e. The zero-order valence-corrected chi connectivity index (χ0v) is 57.9. The van der Waals surface area contributed by atoms with E-state index in [9.17, 15) is 0 Å². The molecule has 11 heteroatoms. The van der Waals surface area contributed by atoms with E-state index in [1.54, 1.807) is 0 Å². The molecular weight excluding hydrogens is 1480 g/mol. The number of hydrogen-bond acceptors (Lipinski definition) is 6. The quantitative estimate of drug-likeness (QED) is 0.114. The Balaban J connectivity index is 0.000000182. The Morgan fingerprint density at radius 2 is 0.747 bits per heavy atom. The molecule has 0 unspecified atom stereocenters. The van der Waals surface area contributed by atoms with E-state index in [1.165, 1.54) is 56.3 Å². The van der Waals surface area contributed by atoms with Crippen molar-refractivity contribution in [2.24, 2.45) is 11.8 Å². The molecule has 3 N–H and O–H groups in total. The fourth-order valence-corrected chi connectivity index (χ4v) is 10.3. The maximum absolute atomic E-state index is 7.00. The Kier molecular flexibility index (Phi) is 28.7. The van der Waals surface area contributed by atoms with E-state index in [1.807, 2.05) is 191 Å². The summed E-state index contributed by atoms with van der Waals surface area (Å²) in [7, 11) is 2.25. The van der Waals surface area contributed by atoms with Crippen LogP contribution in [0.1, 0.15) is 44.8 Å². The van der Waals surface area contributed by atoms with Crippen LogP contribution >= 0.6 is 0 Å². The van der Waals surface area contributed by atoms with Crippen LogP contribution in [0.2, 0.25) is 0 Å². The second-order valence-corrected chi connectivity index (χ2v) is 21.7. The summed E-state index contributed by atoms with van der Waals surface area (Å²) in [5, 5.41) is 18.0. The first-order valence-electron chi connectivity index (χ1n) is 30.0. The number of nitrogens with zero attached hydrogens (tertiary/aromatic N) is 7. The molecule has 0 saturated heterocycles. The number of rotatable bonds is 9. The van der Waals surface area contributed by atoms with Gasteiger partial charge in [-0.3, -0.25) is 4.98 Å². The number of benzene rings is 7. The molecule has 0 aliphatic carbocycles. The SMILES string of the molecule is CC(C)Cn1c2ccccc2c2c[c-]c(-c3ccccn3)cc21.CC(C)Cn1c2ccccc2c2ccc(-c3ccccn3)cc21.CO.C[OH2+].Cc1cccc(-c2[c-]cccc2)n1.Cc1cccc(-c2[c-]cccc2)n1.Cc1cccc(-c2[c-]cccc2)n1.[Ir+3].[Ir]. The first kappa shape index (κ1) is 71.2. The van der Waals surface area contributed by atoms with Crippen molar-refractivity contribution in [3.05, 3.63) is 296 Å². The van der Waals surface area contributed by atoms with Gasteiger partial charge < -0.3 is 39.3 Å². The molecule has 463 valence electrons. The van der Waals surface area contributed by atoms with Crippen molar-refractivity contribution in [3.63, 3.8) is 0 Å². The molecule has 0 aliphatic heterocycles. The molecule has 0 fully saturated rings. The number of fused-ring (bicyclic) bond motifs is 6. The Hall–Kier alpha value is -8.89. The molecule has 0 aliphatic rings. The van der Waals surface area contributed by atoms with Gasteiger partial charge in [0.05, 0.1) is 5.69 Å². The molecule has 7 heterocycles. The number of para-hydroxylation sites is 2. The van der Waals surface area contributed by atoms with Crippen LogP contribution in [0.15, 0.2) is 255 Å². The summed E-state index contributed by atoms with van der Waals surface area (Å²) < 4.78 is 4.87. The molecular formula is C80H78Ir2N7O2. The van der Waals surface area contributed by atoms with E-state index >= 15 is 0 Å². The standard InChI is InChI=1S/C21H20N2.C21H19N2.3C12H10N.2CH4O.2Ir/c2*1-15(2)14-23-20-9-4-3-7-17(20)18-11-10-16(13-21(18)23)19-8-5-6-12-22-19;3*1-10-6-5-9-12(13-10)11-7-3-2-4-8-11;2*1-2;;/h3-13,15H,14H2,1-2H3;3-9,11-13,15H,14H2,1-2H3;3*2-7,9H,1H3;2*2H,1H3;;/q;4*-1;;;;+3/p+1. The summed E-state index contributed by atoms with van der Waals surface area (Å²) in [6.07, 6.45) is 3.68. The Morgan fingerprint density at radius 3 is 1.14 bits per heavy atom. The third kappa shape index (κ3) is 19.6. The van der Waals surface area contributed by atoms with Crippen molar-refractivity contribution in [3.8, 4) is 56.3 Å². The van der Waals surface area contributed by atoms with Crippen LogP contribution in [0.5, 0.6) is 0 Å². The predicted molar refractivity (Wildman–Crippen MR) is 371 cm³/mol. The summed E-state index contributed by atoms with van der Waals surface area (Å²) >= 11 is 0. The first-order chi connectivity index (χ1) is 43.6. The second kappa shape index (κ2) is 36.7. The monoisotopic (exact) mass is 1550 g/mol. The summed E-state index contributed by atoms with van der Waals surface area (Å²) in [5.74, 6) is 1.20. The van der Waals surface area contributed by atoms with Gasteiger partial charge in [0.25, 0.3) is 0 Å². The summed E-state index contributed by atoms with van der Waals surface area (Å²) in [5.41, 5.74) is 18.6. The normalized spacial score (nSPS) is 10.3. The van der Waals surface area contributed by atoms with Crippen molar-refractivity contribution in [1.82, 2.24) is 34.1 Å². The van der Waals surface area contributed by atoms with E-state index < -0.39 is 0 Å². The molecule has 91 heavy (non-hydrogen) atoms. The number of aromatic nitrogens is 7. The fraction of sp³-hybridized carbons (Fsp3) is 0.163. The van der Waals surface area contributed by atoms with Gasteiger partial charge in [0.1, 0.15) is 7.11 Å². The van der Waals surface area contributed by atoms with E-state index in [0.717, 1.165) is 88.0 Å². The molecule has 7 aromatic heterocycles. The summed E-state index contributed by atoms with van der Waals surface area (Å²) in [6.45, 7) is 17.1. The molecule has 0 amide bonds. The van der Waals surface area contributed by atoms with E-state index in [2.05, 4.69) is 171 Å². The molecule has 0 spiro atoms. The smallest absolute Gasteiger partial charge is 0.448 e.